The van der Waals surface area contributed by atoms with Crippen molar-refractivity contribution in [2.24, 2.45) is 4.99 Å². The Morgan fingerprint density at radius 2 is 1.81 bits per heavy atom. The second-order valence-corrected chi connectivity index (χ2v) is 7.15. The fraction of sp³-hybridized carbons (Fsp3) is 0.455. The smallest absolute Gasteiger partial charge is 0.357 e. The van der Waals surface area contributed by atoms with Crippen LogP contribution in [0.25, 0.3) is 0 Å². The summed E-state index contributed by atoms with van der Waals surface area (Å²) in [7, 11) is 1.85. The molecule has 2 aromatic rings. The van der Waals surface area contributed by atoms with Gasteiger partial charge in [0.2, 0.25) is 0 Å². The van der Waals surface area contributed by atoms with Gasteiger partial charge in [0.1, 0.15) is 0 Å². The summed E-state index contributed by atoms with van der Waals surface area (Å²) in [5.74, 6) is 0.699. The van der Waals surface area contributed by atoms with Gasteiger partial charge in [-0.15, -0.1) is 24.0 Å². The van der Waals surface area contributed by atoms with Crippen LogP contribution in [0.15, 0.2) is 52.3 Å². The quantitative estimate of drug-likeness (QED) is 0.225. The van der Waals surface area contributed by atoms with Crippen LogP contribution in [0, 0.1) is 6.92 Å². The number of benzene rings is 1. The minimum atomic E-state index is -4.33. The van der Waals surface area contributed by atoms with Crippen molar-refractivity contribution in [1.29, 1.82) is 0 Å². The van der Waals surface area contributed by atoms with Crippen LogP contribution in [0.2, 0.25) is 0 Å². The Labute approximate surface area is 198 Å². The van der Waals surface area contributed by atoms with Crippen LogP contribution in [-0.4, -0.2) is 35.6 Å². The molecule has 0 aliphatic carbocycles. The van der Waals surface area contributed by atoms with E-state index in [0.29, 0.717) is 32.1 Å². The topological polar surface area (TPSA) is 49.6 Å². The van der Waals surface area contributed by atoms with E-state index in [-0.39, 0.29) is 29.5 Å². The molecule has 1 N–H and O–H groups in total. The Kier molecular flexibility index (Phi) is 11.1. The third kappa shape index (κ3) is 8.54. The third-order valence-corrected chi connectivity index (χ3v) is 4.72. The van der Waals surface area contributed by atoms with Gasteiger partial charge in [-0.25, -0.2) is 0 Å². The molecule has 0 radical (unpaired) electrons. The van der Waals surface area contributed by atoms with Crippen molar-refractivity contribution in [3.05, 3.63) is 69.6 Å². The first-order chi connectivity index (χ1) is 14.2. The van der Waals surface area contributed by atoms with E-state index in [1.54, 1.807) is 16.7 Å². The number of rotatable bonds is 8. The van der Waals surface area contributed by atoms with Crippen molar-refractivity contribution in [3.63, 3.8) is 0 Å². The fourth-order valence-electron chi connectivity index (χ4n) is 3.09. The lowest BCUT2D eigenvalue weighted by molar-refractivity contribution is -0.137. The molecule has 0 fully saturated rings. The average Bonchev–Trinajstić information content (AvgIpc) is 2.68. The first-order valence-electron chi connectivity index (χ1n) is 10.0. The number of hydrogen-bond donors (Lipinski definition) is 1. The molecule has 0 bridgehead atoms. The lowest BCUT2D eigenvalue weighted by Crippen LogP contribution is -2.38. The Bertz CT molecular complexity index is 895. The van der Waals surface area contributed by atoms with E-state index in [2.05, 4.69) is 10.3 Å². The first-order valence-corrected chi connectivity index (χ1v) is 10.0. The average molecular weight is 550 g/mol. The largest absolute Gasteiger partial charge is 0.416 e. The molecule has 1 aromatic heterocycles. The molecule has 0 spiro atoms. The Morgan fingerprint density at radius 1 is 1.13 bits per heavy atom. The van der Waals surface area contributed by atoms with Crippen molar-refractivity contribution in [1.82, 2.24) is 14.8 Å². The SMILES string of the molecule is CCNC(=NCCCCn1c(C)cccc1=O)N(C)Cc1ccc(C(F)(F)F)cc1.I. The molecule has 9 heteroatoms. The normalized spacial score (nSPS) is 11.7. The number of aryl methyl sites for hydroxylation is 1. The molecule has 5 nitrogen and oxygen atoms in total. The van der Waals surface area contributed by atoms with Crippen LogP contribution in [0.1, 0.15) is 36.6 Å². The zero-order valence-electron chi connectivity index (χ0n) is 18.1. The van der Waals surface area contributed by atoms with E-state index in [1.165, 1.54) is 12.1 Å². The van der Waals surface area contributed by atoms with Crippen LogP contribution < -0.4 is 10.9 Å². The molecular formula is C22H30F3IN4O. The molecular weight excluding hydrogens is 520 g/mol. The van der Waals surface area contributed by atoms with E-state index in [9.17, 15) is 18.0 Å². The summed E-state index contributed by atoms with van der Waals surface area (Å²) in [4.78, 5) is 18.4. The second-order valence-electron chi connectivity index (χ2n) is 7.15. The van der Waals surface area contributed by atoms with Gasteiger partial charge in [0.15, 0.2) is 5.96 Å². The monoisotopic (exact) mass is 550 g/mol. The molecule has 172 valence electrons. The van der Waals surface area contributed by atoms with Crippen LogP contribution >= 0.6 is 24.0 Å². The number of aromatic nitrogens is 1. The predicted molar refractivity (Wildman–Crippen MR) is 129 cm³/mol. The highest BCUT2D eigenvalue weighted by atomic mass is 127. The summed E-state index contributed by atoms with van der Waals surface area (Å²) >= 11 is 0. The van der Waals surface area contributed by atoms with Crippen LogP contribution in [0.4, 0.5) is 13.2 Å². The van der Waals surface area contributed by atoms with Gasteiger partial charge in [-0.05, 0) is 50.5 Å². The van der Waals surface area contributed by atoms with Gasteiger partial charge in [0, 0.05) is 45.0 Å². The number of alkyl halides is 3. The lowest BCUT2D eigenvalue weighted by Gasteiger charge is -2.22. The molecule has 0 unspecified atom stereocenters. The molecule has 0 saturated carbocycles. The third-order valence-electron chi connectivity index (χ3n) is 4.72. The molecule has 2 rings (SSSR count). The van der Waals surface area contributed by atoms with Crippen LogP contribution in [0.5, 0.6) is 0 Å². The van der Waals surface area contributed by atoms with Crippen molar-refractivity contribution in [3.8, 4) is 0 Å². The number of unbranched alkanes of at least 4 members (excludes halogenated alkanes) is 1. The highest BCUT2D eigenvalue weighted by Gasteiger charge is 2.29. The van der Waals surface area contributed by atoms with Gasteiger partial charge in [-0.2, -0.15) is 13.2 Å². The minimum Gasteiger partial charge on any atom is -0.357 e. The maximum Gasteiger partial charge on any atom is 0.416 e. The summed E-state index contributed by atoms with van der Waals surface area (Å²) in [5, 5.41) is 3.21. The first kappa shape index (κ1) is 27.0. The second kappa shape index (κ2) is 12.7. The summed E-state index contributed by atoms with van der Waals surface area (Å²) < 4.78 is 39.9. The Hall–Kier alpha value is -2.04. The molecule has 0 aliphatic rings. The number of halogens is 4. The number of nitrogens with one attached hydrogen (secondary N) is 1. The maximum absolute atomic E-state index is 12.7. The number of aliphatic imine (C=N–C) groups is 1. The zero-order valence-corrected chi connectivity index (χ0v) is 20.4. The Balaban J connectivity index is 0.00000480. The van der Waals surface area contributed by atoms with Crippen molar-refractivity contribution >= 4 is 29.9 Å². The molecule has 31 heavy (non-hydrogen) atoms. The molecule has 0 saturated heterocycles. The van der Waals surface area contributed by atoms with Gasteiger partial charge in [0.25, 0.3) is 5.56 Å². The molecule has 1 heterocycles. The van der Waals surface area contributed by atoms with Crippen molar-refractivity contribution in [2.45, 2.75) is 46.0 Å². The summed E-state index contributed by atoms with van der Waals surface area (Å²) in [6.07, 6.45) is -2.68. The molecule has 1 aromatic carbocycles. The van der Waals surface area contributed by atoms with E-state index < -0.39 is 11.7 Å². The van der Waals surface area contributed by atoms with Crippen molar-refractivity contribution < 1.29 is 13.2 Å². The van der Waals surface area contributed by atoms with Crippen LogP contribution in [-0.2, 0) is 19.3 Å². The lowest BCUT2D eigenvalue weighted by atomic mass is 10.1. The number of pyridine rings is 1. The summed E-state index contributed by atoms with van der Waals surface area (Å²) in [6.45, 7) is 6.27. The van der Waals surface area contributed by atoms with Gasteiger partial charge < -0.3 is 14.8 Å². The molecule has 0 aliphatic heterocycles. The fourth-order valence-corrected chi connectivity index (χ4v) is 3.09. The van der Waals surface area contributed by atoms with E-state index in [4.69, 9.17) is 0 Å². The van der Waals surface area contributed by atoms with Crippen molar-refractivity contribution in [2.75, 3.05) is 20.1 Å². The number of hydrogen-bond acceptors (Lipinski definition) is 2. The minimum absolute atomic E-state index is 0. The number of nitrogens with zero attached hydrogens (tertiary/aromatic N) is 3. The highest BCUT2D eigenvalue weighted by Crippen LogP contribution is 2.29. The van der Waals surface area contributed by atoms with E-state index in [0.717, 1.165) is 36.2 Å². The molecule has 0 atom stereocenters. The summed E-state index contributed by atoms with van der Waals surface area (Å²) in [6, 6.07) is 10.4. The van der Waals surface area contributed by atoms with Crippen LogP contribution in [0.3, 0.4) is 0 Å². The van der Waals surface area contributed by atoms with Gasteiger partial charge in [-0.1, -0.05) is 18.2 Å². The zero-order chi connectivity index (χ0) is 22.1. The van der Waals surface area contributed by atoms with Gasteiger partial charge >= 0.3 is 6.18 Å². The highest BCUT2D eigenvalue weighted by molar-refractivity contribution is 14.0. The molecule has 0 amide bonds. The standard InChI is InChI=1S/C22H29F3N4O.HI/c1-4-26-21(27-14-5-6-15-29-17(2)8-7-9-20(29)30)28(3)16-18-10-12-19(13-11-18)22(23,24)25;/h7-13H,4-6,14-16H2,1-3H3,(H,26,27);1H. The number of guanidine groups is 1. The van der Waals surface area contributed by atoms with Gasteiger partial charge in [0.05, 0.1) is 5.56 Å². The van der Waals surface area contributed by atoms with E-state index >= 15 is 0 Å². The van der Waals surface area contributed by atoms with Gasteiger partial charge in [-0.3, -0.25) is 9.79 Å². The maximum atomic E-state index is 12.7. The summed E-state index contributed by atoms with van der Waals surface area (Å²) in [5.41, 5.74) is 1.07. The van der Waals surface area contributed by atoms with E-state index in [1.807, 2.05) is 31.9 Å². The Morgan fingerprint density at radius 3 is 2.39 bits per heavy atom. The predicted octanol–water partition coefficient (Wildman–Crippen LogP) is 4.67.